The number of anilines is 3. The summed E-state index contributed by atoms with van der Waals surface area (Å²) in [7, 11) is 0. The van der Waals surface area contributed by atoms with E-state index in [0.29, 0.717) is 0 Å². The van der Waals surface area contributed by atoms with Crippen LogP contribution in [0.3, 0.4) is 0 Å². The van der Waals surface area contributed by atoms with Gasteiger partial charge in [0, 0.05) is 65.2 Å². The van der Waals surface area contributed by atoms with Gasteiger partial charge in [-0.1, -0.05) is 91.0 Å². The number of benzene rings is 7. The molecule has 234 valence electrons. The zero-order valence-electron chi connectivity index (χ0n) is 25.8. The maximum Gasteiger partial charge on any atom is 0.150 e. The highest BCUT2D eigenvalue weighted by molar-refractivity contribution is 9.11. The van der Waals surface area contributed by atoms with Gasteiger partial charge in [-0.3, -0.25) is 0 Å². The van der Waals surface area contributed by atoms with Crippen molar-refractivity contribution in [1.82, 2.24) is 0 Å². The monoisotopic (exact) mass is 761 g/mol. The molecule has 49 heavy (non-hydrogen) atoms. The summed E-state index contributed by atoms with van der Waals surface area (Å²) in [5.41, 5.74) is 8.23. The third-order valence-electron chi connectivity index (χ3n) is 9.80. The van der Waals surface area contributed by atoms with Gasteiger partial charge in [0.2, 0.25) is 0 Å². The summed E-state index contributed by atoms with van der Waals surface area (Å²) < 4.78 is 14.9. The summed E-state index contributed by atoms with van der Waals surface area (Å²) in [6.07, 6.45) is 0. The standard InChI is InChI=1S/C43H25Br2NO3/c44-32-23-31-40(42-37(32)27-17-7-11-21-35(27)49-42)39-30(24-33(45)41-38(39)28-18-8-12-22-36(28)48-41)43(31,47)29-19-9-10-20-34(29)46(25-13-3-1-4-14-25)26-15-5-2-6-16-26/h1-24,47H. The molecule has 10 rings (SSSR count). The molecule has 6 heteroatoms. The lowest BCUT2D eigenvalue weighted by Crippen LogP contribution is -2.29. The lowest BCUT2D eigenvalue weighted by atomic mass is 9.82. The van der Waals surface area contributed by atoms with Gasteiger partial charge in [0.25, 0.3) is 0 Å². The van der Waals surface area contributed by atoms with Crippen LogP contribution in [-0.4, -0.2) is 5.11 Å². The van der Waals surface area contributed by atoms with Crippen molar-refractivity contribution in [2.24, 2.45) is 0 Å². The largest absolute Gasteiger partial charge is 0.455 e. The first-order valence-electron chi connectivity index (χ1n) is 16.0. The third kappa shape index (κ3) is 3.99. The second kappa shape index (κ2) is 10.7. The Labute approximate surface area is 298 Å². The van der Waals surface area contributed by atoms with Crippen LogP contribution in [0.15, 0.2) is 163 Å². The van der Waals surface area contributed by atoms with Crippen LogP contribution < -0.4 is 4.90 Å². The Balaban J connectivity index is 1.38. The average Bonchev–Trinajstić information content (AvgIpc) is 3.80. The smallest absolute Gasteiger partial charge is 0.150 e. The molecule has 9 aromatic rings. The molecule has 0 saturated carbocycles. The molecule has 0 spiro atoms. The molecule has 2 heterocycles. The lowest BCUT2D eigenvalue weighted by Gasteiger charge is -2.34. The Morgan fingerprint density at radius 1 is 0.490 bits per heavy atom. The molecule has 0 bridgehead atoms. The summed E-state index contributed by atoms with van der Waals surface area (Å²) in [5, 5.41) is 17.7. The second-order valence-electron chi connectivity index (χ2n) is 12.4. The number of hydrogen-bond acceptors (Lipinski definition) is 4. The van der Waals surface area contributed by atoms with Crippen molar-refractivity contribution in [3.05, 3.63) is 171 Å². The van der Waals surface area contributed by atoms with Crippen molar-refractivity contribution in [1.29, 1.82) is 0 Å². The molecule has 4 nitrogen and oxygen atoms in total. The van der Waals surface area contributed by atoms with Crippen molar-refractivity contribution < 1.29 is 13.9 Å². The topological polar surface area (TPSA) is 49.8 Å². The molecule has 1 N–H and O–H groups in total. The van der Waals surface area contributed by atoms with Crippen LogP contribution in [0.5, 0.6) is 0 Å². The van der Waals surface area contributed by atoms with Crippen molar-refractivity contribution >= 4 is 92.8 Å². The second-order valence-corrected chi connectivity index (χ2v) is 14.1. The minimum absolute atomic E-state index is 0.720. The van der Waals surface area contributed by atoms with E-state index >= 15 is 0 Å². The van der Waals surface area contributed by atoms with E-state index in [0.717, 1.165) is 97.7 Å². The molecule has 1 unspecified atom stereocenters. The van der Waals surface area contributed by atoms with E-state index in [9.17, 15) is 5.11 Å². The number of furan rings is 2. The number of aliphatic hydroxyl groups is 1. The van der Waals surface area contributed by atoms with E-state index in [1.165, 1.54) is 0 Å². The number of nitrogens with zero attached hydrogens (tertiary/aromatic N) is 1. The highest BCUT2D eigenvalue weighted by Gasteiger charge is 2.49. The zero-order chi connectivity index (χ0) is 32.9. The maximum atomic E-state index is 13.8. The summed E-state index contributed by atoms with van der Waals surface area (Å²) in [6, 6.07) is 49.0. The van der Waals surface area contributed by atoms with Crippen LogP contribution >= 0.6 is 31.9 Å². The summed E-state index contributed by atoms with van der Waals surface area (Å²) in [5.74, 6) is 0. The van der Waals surface area contributed by atoms with E-state index in [1.807, 2.05) is 97.1 Å². The van der Waals surface area contributed by atoms with Crippen LogP contribution in [0, 0.1) is 0 Å². The highest BCUT2D eigenvalue weighted by atomic mass is 79.9. The Bertz CT molecular complexity index is 2730. The molecule has 2 aromatic heterocycles. The molecule has 1 atom stereocenters. The van der Waals surface area contributed by atoms with Gasteiger partial charge in [-0.05, 0) is 86.5 Å². The van der Waals surface area contributed by atoms with Crippen molar-refractivity contribution in [2.45, 2.75) is 5.60 Å². The molecule has 0 aliphatic heterocycles. The third-order valence-corrected chi connectivity index (χ3v) is 11.0. The minimum Gasteiger partial charge on any atom is -0.455 e. The fourth-order valence-corrected chi connectivity index (χ4v) is 8.91. The Kier molecular flexibility index (Phi) is 6.28. The Morgan fingerprint density at radius 3 is 1.67 bits per heavy atom. The average molecular weight is 763 g/mol. The van der Waals surface area contributed by atoms with Gasteiger partial charge in [-0.15, -0.1) is 0 Å². The van der Waals surface area contributed by atoms with Crippen LogP contribution in [0.2, 0.25) is 0 Å². The van der Waals surface area contributed by atoms with Gasteiger partial charge in [-0.25, -0.2) is 0 Å². The number of rotatable bonds is 4. The molecule has 1 aliphatic rings. The quantitative estimate of drug-likeness (QED) is 0.194. The summed E-state index contributed by atoms with van der Waals surface area (Å²) >= 11 is 7.79. The Morgan fingerprint density at radius 2 is 1.00 bits per heavy atom. The molecule has 0 radical (unpaired) electrons. The van der Waals surface area contributed by atoms with Gasteiger partial charge in [0.05, 0.1) is 10.2 Å². The van der Waals surface area contributed by atoms with Crippen LogP contribution in [0.4, 0.5) is 17.1 Å². The summed E-state index contributed by atoms with van der Waals surface area (Å²) in [6.45, 7) is 0. The zero-order valence-corrected chi connectivity index (χ0v) is 29.0. The first-order valence-corrected chi connectivity index (χ1v) is 17.6. The van der Waals surface area contributed by atoms with Crippen molar-refractivity contribution in [3.63, 3.8) is 0 Å². The van der Waals surface area contributed by atoms with Crippen LogP contribution in [0.1, 0.15) is 16.7 Å². The fraction of sp³-hybridized carbons (Fsp3) is 0.0233. The number of fused-ring (bicyclic) bond motifs is 11. The van der Waals surface area contributed by atoms with Crippen LogP contribution in [0.25, 0.3) is 55.0 Å². The van der Waals surface area contributed by atoms with Gasteiger partial charge >= 0.3 is 0 Å². The highest BCUT2D eigenvalue weighted by Crippen LogP contribution is 2.61. The van der Waals surface area contributed by atoms with E-state index in [4.69, 9.17) is 8.83 Å². The van der Waals surface area contributed by atoms with Gasteiger partial charge in [0.1, 0.15) is 27.9 Å². The van der Waals surface area contributed by atoms with E-state index < -0.39 is 5.60 Å². The lowest BCUT2D eigenvalue weighted by molar-refractivity contribution is 0.131. The van der Waals surface area contributed by atoms with E-state index in [-0.39, 0.29) is 0 Å². The maximum absolute atomic E-state index is 13.8. The summed E-state index contributed by atoms with van der Waals surface area (Å²) in [4.78, 5) is 2.21. The molecular formula is C43H25Br2NO3. The molecular weight excluding hydrogens is 738 g/mol. The molecule has 7 aromatic carbocycles. The fourth-order valence-electron chi connectivity index (χ4n) is 7.78. The molecule has 0 fully saturated rings. The van der Waals surface area contributed by atoms with Gasteiger partial charge in [0.15, 0.2) is 0 Å². The molecule has 1 aliphatic carbocycles. The van der Waals surface area contributed by atoms with E-state index in [1.54, 1.807) is 0 Å². The van der Waals surface area contributed by atoms with Crippen LogP contribution in [-0.2, 0) is 5.60 Å². The van der Waals surface area contributed by atoms with Crippen molar-refractivity contribution in [2.75, 3.05) is 4.90 Å². The van der Waals surface area contributed by atoms with E-state index in [2.05, 4.69) is 85.3 Å². The number of halogens is 2. The predicted octanol–water partition coefficient (Wildman–Crippen LogP) is 12.7. The predicted molar refractivity (Wildman–Crippen MR) is 205 cm³/mol. The first kappa shape index (κ1) is 28.8. The number of para-hydroxylation sites is 5. The number of hydrogen-bond donors (Lipinski definition) is 1. The minimum atomic E-state index is -1.59. The molecule has 0 amide bonds. The normalized spacial score (nSPS) is 15.3. The van der Waals surface area contributed by atoms with Gasteiger partial charge in [-0.2, -0.15) is 0 Å². The first-order chi connectivity index (χ1) is 24.0. The SMILES string of the molecule is OC1(c2ccccc2N(c2ccccc2)c2ccccc2)c2cc(Br)c3c(oc4ccccc43)c2-c2c1cc(Br)c1oc3ccccc3c21. The molecule has 0 saturated heterocycles. The van der Waals surface area contributed by atoms with Gasteiger partial charge < -0.3 is 18.8 Å². The van der Waals surface area contributed by atoms with Crippen molar-refractivity contribution in [3.8, 4) is 11.1 Å². The Hall–Kier alpha value is -5.14.